The first-order chi connectivity index (χ1) is 5.09. The number of hydrogen-bond acceptors (Lipinski definition) is 0. The third-order valence-electron chi connectivity index (χ3n) is 2.86. The second kappa shape index (κ2) is 3.64. The van der Waals surface area contributed by atoms with Crippen molar-refractivity contribution in [1.29, 1.82) is 0 Å². The highest BCUT2D eigenvalue weighted by atomic mass is 14.3. The molecule has 0 bridgehead atoms. The Kier molecular flexibility index (Phi) is 3.03. The molecular weight excluding hydrogens is 131 g/mol. The molecule has 1 saturated carbocycles. The van der Waals surface area contributed by atoms with Crippen molar-refractivity contribution in [3.8, 4) is 0 Å². The molecule has 1 aliphatic carbocycles. The Morgan fingerprint density at radius 1 is 1.36 bits per heavy atom. The summed E-state index contributed by atoms with van der Waals surface area (Å²) in [4.78, 5) is 0. The lowest BCUT2D eigenvalue weighted by Gasteiger charge is -2.16. The fourth-order valence-corrected chi connectivity index (χ4v) is 2.32. The van der Waals surface area contributed by atoms with Gasteiger partial charge in [0.2, 0.25) is 0 Å². The molecule has 0 heterocycles. The summed E-state index contributed by atoms with van der Waals surface area (Å²) in [5.74, 6) is 3.11. The zero-order valence-electron chi connectivity index (χ0n) is 8.01. The van der Waals surface area contributed by atoms with Gasteiger partial charge in [-0.15, -0.1) is 0 Å². The van der Waals surface area contributed by atoms with Crippen molar-refractivity contribution in [1.82, 2.24) is 0 Å². The average Bonchev–Trinajstić information content (AvgIpc) is 2.09. The third-order valence-corrected chi connectivity index (χ3v) is 2.86. The van der Waals surface area contributed by atoms with Crippen molar-refractivity contribution in [2.45, 2.75) is 45.9 Å². The van der Waals surface area contributed by atoms with Crippen LogP contribution in [-0.4, -0.2) is 7.85 Å². The van der Waals surface area contributed by atoms with Crippen LogP contribution in [0.15, 0.2) is 0 Å². The molecule has 3 atom stereocenters. The smallest absolute Gasteiger partial charge is 0.0699 e. The molecule has 1 rings (SSSR count). The molecule has 0 aliphatic heterocycles. The topological polar surface area (TPSA) is 0 Å². The van der Waals surface area contributed by atoms with Crippen molar-refractivity contribution >= 4 is 7.85 Å². The average molecular weight is 150 g/mol. The highest BCUT2D eigenvalue weighted by Crippen LogP contribution is 2.41. The quantitative estimate of drug-likeness (QED) is 0.530. The van der Waals surface area contributed by atoms with E-state index in [0.717, 1.165) is 17.8 Å². The maximum absolute atomic E-state index is 5.89. The molecular formula is C10H19B. The van der Waals surface area contributed by atoms with Gasteiger partial charge in [0.15, 0.2) is 0 Å². The Bertz CT molecular complexity index is 120. The SMILES string of the molecule is [B]C1CC(C)C(CC(C)C)C1. The van der Waals surface area contributed by atoms with Gasteiger partial charge in [0.1, 0.15) is 0 Å². The second-order valence-electron chi connectivity index (χ2n) is 4.60. The Morgan fingerprint density at radius 3 is 2.36 bits per heavy atom. The summed E-state index contributed by atoms with van der Waals surface area (Å²) in [6.45, 7) is 6.95. The zero-order chi connectivity index (χ0) is 8.43. The Hall–Kier alpha value is 0.0649. The Balaban J connectivity index is 2.34. The van der Waals surface area contributed by atoms with E-state index in [9.17, 15) is 0 Å². The van der Waals surface area contributed by atoms with Crippen LogP contribution >= 0.6 is 0 Å². The van der Waals surface area contributed by atoms with E-state index in [4.69, 9.17) is 7.85 Å². The number of hydrogen-bond donors (Lipinski definition) is 0. The molecule has 1 aliphatic rings. The summed E-state index contributed by atoms with van der Waals surface area (Å²) in [5, 5.41) is 0. The van der Waals surface area contributed by atoms with Crippen molar-refractivity contribution in [3.05, 3.63) is 0 Å². The Labute approximate surface area is 72.2 Å². The predicted molar refractivity (Wildman–Crippen MR) is 50.8 cm³/mol. The van der Waals surface area contributed by atoms with Gasteiger partial charge in [-0.05, 0) is 24.2 Å². The van der Waals surface area contributed by atoms with Crippen molar-refractivity contribution in [2.24, 2.45) is 17.8 Å². The molecule has 0 spiro atoms. The lowest BCUT2D eigenvalue weighted by Crippen LogP contribution is -2.06. The van der Waals surface area contributed by atoms with Crippen molar-refractivity contribution in [3.63, 3.8) is 0 Å². The van der Waals surface area contributed by atoms with E-state index in [1.54, 1.807) is 0 Å². The highest BCUT2D eigenvalue weighted by Gasteiger charge is 2.28. The summed E-state index contributed by atoms with van der Waals surface area (Å²) in [5.41, 5.74) is 0. The lowest BCUT2D eigenvalue weighted by molar-refractivity contribution is 0.343. The predicted octanol–water partition coefficient (Wildman–Crippen LogP) is 3.04. The van der Waals surface area contributed by atoms with E-state index >= 15 is 0 Å². The summed E-state index contributed by atoms with van der Waals surface area (Å²) in [6.07, 6.45) is 3.88. The lowest BCUT2D eigenvalue weighted by atomic mass is 9.84. The maximum Gasteiger partial charge on any atom is 0.0699 e. The third kappa shape index (κ3) is 2.54. The maximum atomic E-state index is 5.89. The van der Waals surface area contributed by atoms with E-state index in [0.29, 0.717) is 5.82 Å². The molecule has 0 aromatic heterocycles. The van der Waals surface area contributed by atoms with Gasteiger partial charge in [-0.25, -0.2) is 0 Å². The van der Waals surface area contributed by atoms with Gasteiger partial charge < -0.3 is 0 Å². The van der Waals surface area contributed by atoms with E-state index in [2.05, 4.69) is 20.8 Å². The second-order valence-corrected chi connectivity index (χ2v) is 4.60. The molecule has 2 radical (unpaired) electrons. The summed E-state index contributed by atoms with van der Waals surface area (Å²) in [7, 11) is 5.89. The molecule has 0 nitrogen and oxygen atoms in total. The van der Waals surface area contributed by atoms with Gasteiger partial charge in [0, 0.05) is 0 Å². The van der Waals surface area contributed by atoms with E-state index in [1.165, 1.54) is 19.3 Å². The molecule has 0 saturated heterocycles. The van der Waals surface area contributed by atoms with Crippen LogP contribution in [0.2, 0.25) is 5.82 Å². The summed E-state index contributed by atoms with van der Waals surface area (Å²) in [6, 6.07) is 0. The van der Waals surface area contributed by atoms with Crippen LogP contribution in [-0.2, 0) is 0 Å². The first-order valence-electron chi connectivity index (χ1n) is 4.85. The fourth-order valence-electron chi connectivity index (χ4n) is 2.32. The van der Waals surface area contributed by atoms with Crippen LogP contribution in [0.3, 0.4) is 0 Å². The van der Waals surface area contributed by atoms with Crippen LogP contribution in [0.4, 0.5) is 0 Å². The minimum Gasteiger partial charge on any atom is -0.0769 e. The summed E-state index contributed by atoms with van der Waals surface area (Å²) < 4.78 is 0. The van der Waals surface area contributed by atoms with Gasteiger partial charge >= 0.3 is 0 Å². The van der Waals surface area contributed by atoms with Crippen LogP contribution in [0.25, 0.3) is 0 Å². The molecule has 0 aromatic rings. The Morgan fingerprint density at radius 2 is 2.00 bits per heavy atom. The van der Waals surface area contributed by atoms with E-state index < -0.39 is 0 Å². The van der Waals surface area contributed by atoms with Crippen LogP contribution in [0, 0.1) is 17.8 Å². The minimum absolute atomic E-state index is 0.494. The summed E-state index contributed by atoms with van der Waals surface area (Å²) >= 11 is 0. The van der Waals surface area contributed by atoms with Gasteiger partial charge in [0.05, 0.1) is 7.85 Å². The highest BCUT2D eigenvalue weighted by molar-refractivity contribution is 6.11. The van der Waals surface area contributed by atoms with Gasteiger partial charge in [-0.1, -0.05) is 39.4 Å². The van der Waals surface area contributed by atoms with Gasteiger partial charge in [0.25, 0.3) is 0 Å². The molecule has 62 valence electrons. The van der Waals surface area contributed by atoms with Gasteiger partial charge in [-0.3, -0.25) is 0 Å². The zero-order valence-corrected chi connectivity index (χ0v) is 8.01. The van der Waals surface area contributed by atoms with Crippen molar-refractivity contribution in [2.75, 3.05) is 0 Å². The number of rotatable bonds is 2. The van der Waals surface area contributed by atoms with Crippen molar-refractivity contribution < 1.29 is 0 Å². The fraction of sp³-hybridized carbons (Fsp3) is 1.00. The van der Waals surface area contributed by atoms with Crippen LogP contribution in [0.1, 0.15) is 40.0 Å². The van der Waals surface area contributed by atoms with Crippen LogP contribution in [0.5, 0.6) is 0 Å². The first-order valence-corrected chi connectivity index (χ1v) is 4.85. The molecule has 1 fully saturated rings. The molecule has 3 unspecified atom stereocenters. The largest absolute Gasteiger partial charge is 0.0769 e. The first kappa shape index (κ1) is 9.16. The van der Waals surface area contributed by atoms with E-state index in [1.807, 2.05) is 0 Å². The minimum atomic E-state index is 0.494. The standard InChI is InChI=1S/C10H19B/c1-7(2)4-9-6-10(11)5-8(9)3/h7-10H,4-6H2,1-3H3. The van der Waals surface area contributed by atoms with Gasteiger partial charge in [-0.2, -0.15) is 0 Å². The molecule has 0 N–H and O–H groups in total. The monoisotopic (exact) mass is 150 g/mol. The molecule has 0 aromatic carbocycles. The molecule has 11 heavy (non-hydrogen) atoms. The van der Waals surface area contributed by atoms with E-state index in [-0.39, 0.29) is 0 Å². The molecule has 1 heteroatoms. The normalized spacial score (nSPS) is 38.4. The molecule has 0 amide bonds. The van der Waals surface area contributed by atoms with Crippen LogP contribution < -0.4 is 0 Å².